The first-order valence-corrected chi connectivity index (χ1v) is 6.21. The predicted octanol–water partition coefficient (Wildman–Crippen LogP) is 1.47. The summed E-state index contributed by atoms with van der Waals surface area (Å²) in [5.74, 6) is 0.663. The highest BCUT2D eigenvalue weighted by Gasteiger charge is 2.21. The van der Waals surface area contributed by atoms with E-state index in [1.807, 2.05) is 32.8 Å². The normalized spacial score (nSPS) is 14.7. The molecule has 5 nitrogen and oxygen atoms in total. The molecule has 0 saturated heterocycles. The van der Waals surface area contributed by atoms with E-state index in [9.17, 15) is 5.11 Å². The van der Waals surface area contributed by atoms with Gasteiger partial charge < -0.3 is 15.3 Å². The molecule has 0 spiro atoms. The Morgan fingerprint density at radius 3 is 2.44 bits per heavy atom. The Kier molecular flexibility index (Phi) is 4.90. The monoisotopic (exact) mass is 272 g/mol. The van der Waals surface area contributed by atoms with Crippen molar-refractivity contribution in [1.82, 2.24) is 15.1 Å². The van der Waals surface area contributed by atoms with Gasteiger partial charge in [-0.1, -0.05) is 11.6 Å². The van der Waals surface area contributed by atoms with Gasteiger partial charge in [0.15, 0.2) is 11.0 Å². The number of likely N-dealkylation sites (N-methyl/N-ethyl adjacent to an activating group) is 1. The number of anilines is 1. The van der Waals surface area contributed by atoms with Gasteiger partial charge in [0.25, 0.3) is 0 Å². The van der Waals surface area contributed by atoms with Gasteiger partial charge in [-0.2, -0.15) is 0 Å². The van der Waals surface area contributed by atoms with Crippen molar-refractivity contribution in [2.75, 3.05) is 32.5 Å². The van der Waals surface area contributed by atoms with Crippen LogP contribution in [0.5, 0.6) is 0 Å². The second-order valence-electron chi connectivity index (χ2n) is 5.18. The molecule has 0 fully saturated rings. The zero-order valence-electron chi connectivity index (χ0n) is 11.6. The predicted molar refractivity (Wildman–Crippen MR) is 74.2 cm³/mol. The van der Waals surface area contributed by atoms with Gasteiger partial charge >= 0.3 is 0 Å². The minimum absolute atomic E-state index is 0.405. The first kappa shape index (κ1) is 15.1. The quantitative estimate of drug-likeness (QED) is 0.850. The highest BCUT2D eigenvalue weighted by atomic mass is 35.5. The number of nitrogens with one attached hydrogen (secondary N) is 1. The minimum atomic E-state index is -0.828. The highest BCUT2D eigenvalue weighted by molar-refractivity contribution is 6.30. The van der Waals surface area contributed by atoms with Crippen molar-refractivity contribution in [2.45, 2.75) is 26.4 Å². The van der Waals surface area contributed by atoms with Crippen molar-refractivity contribution in [3.05, 3.63) is 16.3 Å². The van der Waals surface area contributed by atoms with Gasteiger partial charge in [0.05, 0.1) is 5.60 Å². The lowest BCUT2D eigenvalue weighted by Crippen LogP contribution is -2.43. The average Bonchev–Trinajstić information content (AvgIpc) is 2.23. The van der Waals surface area contributed by atoms with Crippen LogP contribution in [0.4, 0.5) is 5.82 Å². The van der Waals surface area contributed by atoms with E-state index in [0.29, 0.717) is 24.1 Å². The van der Waals surface area contributed by atoms with Crippen LogP contribution >= 0.6 is 11.6 Å². The first-order chi connectivity index (χ1) is 8.23. The van der Waals surface area contributed by atoms with Crippen molar-refractivity contribution in [3.8, 4) is 0 Å². The number of hydrogen-bond acceptors (Lipinski definition) is 5. The van der Waals surface area contributed by atoms with Gasteiger partial charge in [0, 0.05) is 13.1 Å². The fourth-order valence-corrected chi connectivity index (χ4v) is 1.93. The fourth-order valence-electron chi connectivity index (χ4n) is 1.76. The maximum atomic E-state index is 10.2. The lowest BCUT2D eigenvalue weighted by Gasteiger charge is -2.27. The Morgan fingerprint density at radius 1 is 1.28 bits per heavy atom. The van der Waals surface area contributed by atoms with Crippen molar-refractivity contribution >= 4 is 17.4 Å². The average molecular weight is 273 g/mol. The van der Waals surface area contributed by atoms with Gasteiger partial charge in [0.2, 0.25) is 0 Å². The van der Waals surface area contributed by atoms with Crippen molar-refractivity contribution in [2.24, 2.45) is 0 Å². The molecule has 1 atom stereocenters. The van der Waals surface area contributed by atoms with Gasteiger partial charge in [-0.05, 0) is 46.0 Å². The van der Waals surface area contributed by atoms with E-state index in [-0.39, 0.29) is 0 Å². The molecule has 0 radical (unpaired) electrons. The molecule has 1 heterocycles. The third-order valence-electron chi connectivity index (χ3n) is 2.76. The largest absolute Gasteiger partial charge is 0.387 e. The second kappa shape index (κ2) is 5.82. The maximum Gasteiger partial charge on any atom is 0.155 e. The summed E-state index contributed by atoms with van der Waals surface area (Å²) in [4.78, 5) is 1.94. The number of halogens is 1. The highest BCUT2D eigenvalue weighted by Crippen LogP contribution is 2.21. The van der Waals surface area contributed by atoms with Crippen molar-refractivity contribution in [1.29, 1.82) is 0 Å². The van der Waals surface area contributed by atoms with E-state index in [2.05, 4.69) is 15.5 Å². The number of hydrogen-bond donors (Lipinski definition) is 2. The Hall–Kier alpha value is -0.910. The second-order valence-corrected chi connectivity index (χ2v) is 5.54. The van der Waals surface area contributed by atoms with E-state index in [4.69, 9.17) is 11.6 Å². The molecule has 2 N–H and O–H groups in total. The standard InChI is InChI=1S/C12H21ClN4O/c1-8-9(2)11(16-15-10(8)13)14-6-12(3,18)7-17(4)5/h18H,6-7H2,1-5H3,(H,14,16). The number of nitrogens with zero attached hydrogens (tertiary/aromatic N) is 3. The van der Waals surface area contributed by atoms with Crippen LogP contribution in [-0.4, -0.2) is 53.0 Å². The molecular weight excluding hydrogens is 252 g/mol. The molecule has 1 aromatic heterocycles. The Morgan fingerprint density at radius 2 is 1.89 bits per heavy atom. The van der Waals surface area contributed by atoms with Crippen LogP contribution in [0.15, 0.2) is 0 Å². The molecule has 1 unspecified atom stereocenters. The van der Waals surface area contributed by atoms with Crippen molar-refractivity contribution < 1.29 is 5.11 Å². The molecule has 0 bridgehead atoms. The van der Waals surface area contributed by atoms with Gasteiger partial charge in [0.1, 0.15) is 0 Å². The smallest absolute Gasteiger partial charge is 0.155 e. The van der Waals surface area contributed by atoms with E-state index >= 15 is 0 Å². The Labute approximate surface area is 113 Å². The van der Waals surface area contributed by atoms with Crippen LogP contribution in [0.1, 0.15) is 18.1 Å². The Balaban J connectivity index is 2.72. The zero-order chi connectivity index (χ0) is 13.9. The van der Waals surface area contributed by atoms with Crippen LogP contribution in [0, 0.1) is 13.8 Å². The summed E-state index contributed by atoms with van der Waals surface area (Å²) in [7, 11) is 3.85. The maximum absolute atomic E-state index is 10.2. The van der Waals surface area contributed by atoms with Crippen LogP contribution < -0.4 is 5.32 Å². The van der Waals surface area contributed by atoms with E-state index < -0.39 is 5.60 Å². The van der Waals surface area contributed by atoms with Crippen LogP contribution in [-0.2, 0) is 0 Å². The lowest BCUT2D eigenvalue weighted by atomic mass is 10.1. The van der Waals surface area contributed by atoms with E-state index in [1.165, 1.54) is 0 Å². The molecule has 102 valence electrons. The molecular formula is C12H21ClN4O. The van der Waals surface area contributed by atoms with Crippen LogP contribution in [0.25, 0.3) is 0 Å². The SMILES string of the molecule is Cc1c(Cl)nnc(NCC(C)(O)CN(C)C)c1C. The first-order valence-electron chi connectivity index (χ1n) is 5.83. The van der Waals surface area contributed by atoms with Crippen molar-refractivity contribution in [3.63, 3.8) is 0 Å². The molecule has 0 aliphatic heterocycles. The third kappa shape index (κ3) is 4.08. The van der Waals surface area contributed by atoms with Gasteiger partial charge in [-0.25, -0.2) is 0 Å². The van der Waals surface area contributed by atoms with Crippen LogP contribution in [0.2, 0.25) is 5.15 Å². The minimum Gasteiger partial charge on any atom is -0.387 e. The summed E-state index contributed by atoms with van der Waals surface area (Å²) in [6.45, 7) is 6.58. The van der Waals surface area contributed by atoms with Gasteiger partial charge in [-0.15, -0.1) is 10.2 Å². The number of rotatable bonds is 5. The summed E-state index contributed by atoms with van der Waals surface area (Å²) in [6, 6.07) is 0. The molecule has 0 amide bonds. The van der Waals surface area contributed by atoms with Gasteiger partial charge in [-0.3, -0.25) is 0 Å². The molecule has 6 heteroatoms. The van der Waals surface area contributed by atoms with Crippen LogP contribution in [0.3, 0.4) is 0 Å². The Bertz CT molecular complexity index is 421. The molecule has 18 heavy (non-hydrogen) atoms. The van der Waals surface area contributed by atoms with E-state index in [0.717, 1.165) is 11.1 Å². The topological polar surface area (TPSA) is 61.3 Å². The summed E-state index contributed by atoms with van der Waals surface area (Å²) in [5, 5.41) is 21.6. The number of aliphatic hydroxyl groups is 1. The summed E-state index contributed by atoms with van der Waals surface area (Å²) in [5.41, 5.74) is 1.03. The molecule has 1 rings (SSSR count). The summed E-state index contributed by atoms with van der Waals surface area (Å²) >= 11 is 5.89. The number of aromatic nitrogens is 2. The van der Waals surface area contributed by atoms with E-state index in [1.54, 1.807) is 6.92 Å². The summed E-state index contributed by atoms with van der Waals surface area (Å²) < 4.78 is 0. The summed E-state index contributed by atoms with van der Waals surface area (Å²) in [6.07, 6.45) is 0. The molecule has 0 aliphatic rings. The third-order valence-corrected chi connectivity index (χ3v) is 3.12. The molecule has 0 aliphatic carbocycles. The zero-order valence-corrected chi connectivity index (χ0v) is 12.3. The molecule has 0 aromatic carbocycles. The fraction of sp³-hybridized carbons (Fsp3) is 0.667. The lowest BCUT2D eigenvalue weighted by molar-refractivity contribution is 0.0459. The molecule has 0 saturated carbocycles. The molecule has 1 aromatic rings.